The summed E-state index contributed by atoms with van der Waals surface area (Å²) in [5.74, 6) is 0. The largest absolute Gasteiger partial charge is 0.332 e. The summed E-state index contributed by atoms with van der Waals surface area (Å²) in [5.41, 5.74) is 0.957. The van der Waals surface area contributed by atoms with Crippen LogP contribution in [0.3, 0.4) is 0 Å². The quantitative estimate of drug-likeness (QED) is 0.815. The Labute approximate surface area is 104 Å². The molecule has 1 heterocycles. The summed E-state index contributed by atoms with van der Waals surface area (Å²) < 4.78 is 22.9. The van der Waals surface area contributed by atoms with Gasteiger partial charge >= 0.3 is 0 Å². The molecule has 0 aliphatic heterocycles. The molecule has 0 saturated carbocycles. The molecule has 0 aliphatic rings. The maximum atomic E-state index is 11.2. The number of aromatic amines is 1. The SMILES string of the molecule is N#Cc1cc2nc(Br)[nH]c2cc1S(=O)(=O)Cl. The number of H-pyrrole nitrogens is 1. The van der Waals surface area contributed by atoms with E-state index in [1.165, 1.54) is 12.1 Å². The fourth-order valence-corrected chi connectivity index (χ4v) is 2.71. The van der Waals surface area contributed by atoms with Crippen LogP contribution in [0.25, 0.3) is 11.0 Å². The predicted octanol–water partition coefficient (Wildman–Crippen LogP) is 2.12. The lowest BCUT2D eigenvalue weighted by Gasteiger charge is -1.98. The summed E-state index contributed by atoms with van der Waals surface area (Å²) in [6.45, 7) is 0. The molecule has 2 rings (SSSR count). The third-order valence-electron chi connectivity index (χ3n) is 1.94. The van der Waals surface area contributed by atoms with E-state index in [9.17, 15) is 8.42 Å². The van der Waals surface area contributed by atoms with Crippen LogP contribution in [0.5, 0.6) is 0 Å². The molecule has 5 nitrogen and oxygen atoms in total. The highest BCUT2D eigenvalue weighted by molar-refractivity contribution is 9.10. The zero-order chi connectivity index (χ0) is 11.9. The molecule has 0 bridgehead atoms. The summed E-state index contributed by atoms with van der Waals surface area (Å²) >= 11 is 3.11. The third-order valence-corrected chi connectivity index (χ3v) is 3.67. The molecule has 0 aliphatic carbocycles. The smallest absolute Gasteiger partial charge is 0.262 e. The van der Waals surface area contributed by atoms with Crippen LogP contribution < -0.4 is 0 Å². The number of hydrogen-bond acceptors (Lipinski definition) is 4. The van der Waals surface area contributed by atoms with E-state index in [1.807, 2.05) is 0 Å². The fraction of sp³-hybridized carbons (Fsp3) is 0. The van der Waals surface area contributed by atoms with Gasteiger partial charge in [-0.05, 0) is 28.1 Å². The minimum Gasteiger partial charge on any atom is -0.332 e. The fourth-order valence-electron chi connectivity index (χ4n) is 1.29. The molecule has 0 radical (unpaired) electrons. The molecule has 1 aromatic heterocycles. The summed E-state index contributed by atoms with van der Waals surface area (Å²) in [6, 6.07) is 4.42. The first-order chi connectivity index (χ1) is 7.41. The molecular formula is C8H3BrClN3O2S. The minimum atomic E-state index is -3.94. The average molecular weight is 321 g/mol. The Bertz CT molecular complexity index is 717. The van der Waals surface area contributed by atoms with Crippen molar-refractivity contribution in [1.29, 1.82) is 5.26 Å². The van der Waals surface area contributed by atoms with Gasteiger partial charge in [-0.1, -0.05) is 0 Å². The zero-order valence-corrected chi connectivity index (χ0v) is 10.7. The highest BCUT2D eigenvalue weighted by Gasteiger charge is 2.18. The summed E-state index contributed by atoms with van der Waals surface area (Å²) in [4.78, 5) is 6.59. The van der Waals surface area contributed by atoms with E-state index in [4.69, 9.17) is 15.9 Å². The van der Waals surface area contributed by atoms with Gasteiger partial charge in [0.15, 0.2) is 4.73 Å². The van der Waals surface area contributed by atoms with Crippen LogP contribution in [0.1, 0.15) is 5.56 Å². The molecule has 0 fully saturated rings. The van der Waals surface area contributed by atoms with Gasteiger partial charge in [-0.25, -0.2) is 13.4 Å². The molecule has 1 aromatic carbocycles. The Morgan fingerprint density at radius 1 is 1.50 bits per heavy atom. The molecule has 0 amide bonds. The lowest BCUT2D eigenvalue weighted by Crippen LogP contribution is -1.95. The van der Waals surface area contributed by atoms with Gasteiger partial charge in [0.1, 0.15) is 11.0 Å². The first-order valence-electron chi connectivity index (χ1n) is 3.96. The molecule has 8 heteroatoms. The Kier molecular flexibility index (Phi) is 2.66. The molecular weight excluding hydrogens is 318 g/mol. The maximum Gasteiger partial charge on any atom is 0.262 e. The molecule has 0 atom stereocenters. The van der Waals surface area contributed by atoms with Gasteiger partial charge in [-0.3, -0.25) is 0 Å². The van der Waals surface area contributed by atoms with Gasteiger partial charge in [0.25, 0.3) is 9.05 Å². The zero-order valence-electron chi connectivity index (χ0n) is 7.53. The average Bonchev–Trinajstić information content (AvgIpc) is 2.53. The topological polar surface area (TPSA) is 86.6 Å². The van der Waals surface area contributed by atoms with E-state index in [0.717, 1.165) is 0 Å². The van der Waals surface area contributed by atoms with Crippen molar-refractivity contribution in [1.82, 2.24) is 9.97 Å². The van der Waals surface area contributed by atoms with Crippen molar-refractivity contribution in [2.24, 2.45) is 0 Å². The molecule has 82 valence electrons. The highest BCUT2D eigenvalue weighted by atomic mass is 79.9. The number of nitriles is 1. The summed E-state index contributed by atoms with van der Waals surface area (Å²) in [6.07, 6.45) is 0. The van der Waals surface area contributed by atoms with Crippen molar-refractivity contribution in [3.05, 3.63) is 22.4 Å². The summed E-state index contributed by atoms with van der Waals surface area (Å²) in [7, 11) is 1.28. The second-order valence-corrected chi connectivity index (χ2v) is 6.23. The third kappa shape index (κ3) is 1.91. The van der Waals surface area contributed by atoms with Crippen LogP contribution >= 0.6 is 26.6 Å². The number of halogens is 2. The van der Waals surface area contributed by atoms with E-state index < -0.39 is 9.05 Å². The minimum absolute atomic E-state index is 0.0264. The molecule has 1 N–H and O–H groups in total. The van der Waals surface area contributed by atoms with E-state index in [0.29, 0.717) is 15.8 Å². The van der Waals surface area contributed by atoms with Crippen LogP contribution in [-0.4, -0.2) is 18.4 Å². The van der Waals surface area contributed by atoms with Crippen LogP contribution in [0, 0.1) is 11.3 Å². The lowest BCUT2D eigenvalue weighted by atomic mass is 10.2. The van der Waals surface area contributed by atoms with E-state index in [-0.39, 0.29) is 10.5 Å². The van der Waals surface area contributed by atoms with Crippen LogP contribution in [-0.2, 0) is 9.05 Å². The Morgan fingerprint density at radius 2 is 2.19 bits per heavy atom. The number of nitrogens with one attached hydrogen (secondary N) is 1. The van der Waals surface area contributed by atoms with Crippen LogP contribution in [0.2, 0.25) is 0 Å². The van der Waals surface area contributed by atoms with E-state index >= 15 is 0 Å². The number of fused-ring (bicyclic) bond motifs is 1. The number of rotatable bonds is 1. The summed E-state index contributed by atoms with van der Waals surface area (Å²) in [5, 5.41) is 8.83. The monoisotopic (exact) mass is 319 g/mol. The second-order valence-electron chi connectivity index (χ2n) is 2.94. The second kappa shape index (κ2) is 3.73. The van der Waals surface area contributed by atoms with Crippen molar-refractivity contribution >= 4 is 46.7 Å². The van der Waals surface area contributed by atoms with Gasteiger partial charge < -0.3 is 4.98 Å². The number of hydrogen-bond donors (Lipinski definition) is 1. The van der Waals surface area contributed by atoms with E-state index in [1.54, 1.807) is 6.07 Å². The first kappa shape index (κ1) is 11.4. The van der Waals surface area contributed by atoms with Gasteiger partial charge in [-0.2, -0.15) is 5.26 Å². The van der Waals surface area contributed by atoms with Crippen molar-refractivity contribution in [2.75, 3.05) is 0 Å². The molecule has 16 heavy (non-hydrogen) atoms. The van der Waals surface area contributed by atoms with Gasteiger partial charge in [0.2, 0.25) is 0 Å². The van der Waals surface area contributed by atoms with Crippen molar-refractivity contribution in [3.63, 3.8) is 0 Å². The standard InChI is InChI=1S/C8H3BrClN3O2S/c9-8-12-5-1-4(3-11)7(16(10,14)15)2-6(5)13-8/h1-2H,(H,12,13). The van der Waals surface area contributed by atoms with Crippen molar-refractivity contribution < 1.29 is 8.42 Å². The molecule has 2 aromatic rings. The van der Waals surface area contributed by atoms with Crippen molar-refractivity contribution in [3.8, 4) is 6.07 Å². The maximum absolute atomic E-state index is 11.2. The highest BCUT2D eigenvalue weighted by Crippen LogP contribution is 2.25. The van der Waals surface area contributed by atoms with Crippen LogP contribution in [0.15, 0.2) is 21.8 Å². The Morgan fingerprint density at radius 3 is 2.75 bits per heavy atom. The number of imidazole rings is 1. The normalized spacial score (nSPS) is 11.6. The molecule has 0 spiro atoms. The number of nitrogens with zero attached hydrogens (tertiary/aromatic N) is 2. The van der Waals surface area contributed by atoms with Gasteiger partial charge in [0.05, 0.1) is 16.6 Å². The van der Waals surface area contributed by atoms with Gasteiger partial charge in [-0.15, -0.1) is 0 Å². The molecule has 0 unspecified atom stereocenters. The van der Waals surface area contributed by atoms with Gasteiger partial charge in [0, 0.05) is 10.7 Å². The van der Waals surface area contributed by atoms with Crippen molar-refractivity contribution in [2.45, 2.75) is 4.90 Å². The van der Waals surface area contributed by atoms with Crippen LogP contribution in [0.4, 0.5) is 0 Å². The molecule has 0 saturated heterocycles. The van der Waals surface area contributed by atoms with E-state index in [2.05, 4.69) is 25.9 Å². The Hall–Kier alpha value is -1.10. The lowest BCUT2D eigenvalue weighted by molar-refractivity contribution is 0.609. The first-order valence-corrected chi connectivity index (χ1v) is 7.06. The predicted molar refractivity (Wildman–Crippen MR) is 61.5 cm³/mol. The number of aromatic nitrogens is 2. The Balaban J connectivity index is 2.89. The number of benzene rings is 1.